The zero-order chi connectivity index (χ0) is 24.8. The summed E-state index contributed by atoms with van der Waals surface area (Å²) in [5.41, 5.74) is 2.29. The van der Waals surface area contributed by atoms with Gasteiger partial charge in [-0.25, -0.2) is 4.68 Å². The maximum absolute atomic E-state index is 12.6. The van der Waals surface area contributed by atoms with E-state index in [-0.39, 0.29) is 24.0 Å². The number of nitrogens with two attached hydrogens (primary N) is 1. The fraction of sp³-hybridized carbons (Fsp3) is 0.348. The van der Waals surface area contributed by atoms with Crippen molar-refractivity contribution in [3.63, 3.8) is 0 Å². The SMILES string of the molecule is Cc1ccc(C(C)C)c(OCc2nnc(SC(C)C(=O)Nc3ccccc3OC(F)F)n2N)c1. The summed E-state index contributed by atoms with van der Waals surface area (Å²) < 4.78 is 36.9. The number of hydrogen-bond donors (Lipinski definition) is 2. The predicted octanol–water partition coefficient (Wildman–Crippen LogP) is 4.72. The maximum atomic E-state index is 12.6. The van der Waals surface area contributed by atoms with Gasteiger partial charge in [0.05, 0.1) is 10.9 Å². The second-order valence-corrected chi connectivity index (χ2v) is 9.19. The van der Waals surface area contributed by atoms with E-state index >= 15 is 0 Å². The molecule has 2 aromatic carbocycles. The Balaban J connectivity index is 1.64. The molecule has 1 amide bonds. The lowest BCUT2D eigenvalue weighted by atomic mass is 10.0. The highest BCUT2D eigenvalue weighted by atomic mass is 32.2. The number of nitrogens with zero attached hydrogens (tertiary/aromatic N) is 3. The Labute approximate surface area is 200 Å². The number of para-hydroxylation sites is 2. The molecule has 0 saturated carbocycles. The molecular formula is C23H27F2N5O3S. The molecule has 0 radical (unpaired) electrons. The number of alkyl halides is 2. The van der Waals surface area contributed by atoms with Crippen molar-refractivity contribution < 1.29 is 23.0 Å². The normalized spacial score (nSPS) is 12.1. The molecule has 34 heavy (non-hydrogen) atoms. The minimum absolute atomic E-state index is 0.103. The van der Waals surface area contributed by atoms with Crippen LogP contribution in [0.4, 0.5) is 14.5 Å². The Morgan fingerprint density at radius 2 is 1.88 bits per heavy atom. The van der Waals surface area contributed by atoms with Crippen molar-refractivity contribution in [1.82, 2.24) is 14.9 Å². The van der Waals surface area contributed by atoms with Crippen molar-refractivity contribution >= 4 is 23.4 Å². The minimum Gasteiger partial charge on any atom is -0.485 e. The zero-order valence-corrected chi connectivity index (χ0v) is 20.1. The lowest BCUT2D eigenvalue weighted by Gasteiger charge is -2.15. The predicted molar refractivity (Wildman–Crippen MR) is 127 cm³/mol. The smallest absolute Gasteiger partial charge is 0.387 e. The summed E-state index contributed by atoms with van der Waals surface area (Å²) in [6, 6.07) is 12.0. The molecule has 11 heteroatoms. The summed E-state index contributed by atoms with van der Waals surface area (Å²) in [4.78, 5) is 12.6. The van der Waals surface area contributed by atoms with Gasteiger partial charge in [-0.2, -0.15) is 8.78 Å². The molecule has 1 unspecified atom stereocenters. The molecule has 0 spiro atoms. The van der Waals surface area contributed by atoms with Crippen LogP contribution in [0.3, 0.4) is 0 Å². The van der Waals surface area contributed by atoms with E-state index in [4.69, 9.17) is 10.6 Å². The minimum atomic E-state index is -3.00. The van der Waals surface area contributed by atoms with Crippen molar-refractivity contribution in [2.24, 2.45) is 0 Å². The van der Waals surface area contributed by atoms with E-state index in [9.17, 15) is 13.6 Å². The number of carbonyl (C=O) groups excluding carboxylic acids is 1. The number of ether oxygens (including phenoxy) is 2. The van der Waals surface area contributed by atoms with Crippen LogP contribution in [0.25, 0.3) is 0 Å². The van der Waals surface area contributed by atoms with Gasteiger partial charge in [-0.1, -0.05) is 49.9 Å². The monoisotopic (exact) mass is 491 g/mol. The van der Waals surface area contributed by atoms with Gasteiger partial charge in [-0.15, -0.1) is 10.2 Å². The fourth-order valence-electron chi connectivity index (χ4n) is 3.09. The van der Waals surface area contributed by atoms with Crippen LogP contribution in [0.1, 0.15) is 43.6 Å². The first-order chi connectivity index (χ1) is 16.2. The van der Waals surface area contributed by atoms with E-state index < -0.39 is 17.8 Å². The van der Waals surface area contributed by atoms with Crippen molar-refractivity contribution in [2.45, 2.75) is 57.2 Å². The molecule has 0 aliphatic carbocycles. The molecule has 8 nitrogen and oxygen atoms in total. The number of aryl methyl sites for hydroxylation is 1. The van der Waals surface area contributed by atoms with Crippen LogP contribution in [0.2, 0.25) is 0 Å². The summed E-state index contributed by atoms with van der Waals surface area (Å²) in [5, 5.41) is 10.4. The number of aromatic nitrogens is 3. The van der Waals surface area contributed by atoms with Crippen molar-refractivity contribution in [1.29, 1.82) is 0 Å². The largest absolute Gasteiger partial charge is 0.485 e. The molecule has 3 rings (SSSR count). The van der Waals surface area contributed by atoms with Crippen LogP contribution in [-0.2, 0) is 11.4 Å². The maximum Gasteiger partial charge on any atom is 0.387 e. The number of halogens is 2. The molecule has 3 N–H and O–H groups in total. The quantitative estimate of drug-likeness (QED) is 0.312. The molecule has 1 atom stereocenters. The Hall–Kier alpha value is -3.34. The highest BCUT2D eigenvalue weighted by Crippen LogP contribution is 2.29. The summed E-state index contributed by atoms with van der Waals surface area (Å²) in [7, 11) is 0. The molecular weight excluding hydrogens is 464 g/mol. The summed E-state index contributed by atoms with van der Waals surface area (Å²) >= 11 is 1.08. The molecule has 1 heterocycles. The Morgan fingerprint density at radius 3 is 2.59 bits per heavy atom. The third kappa shape index (κ3) is 6.37. The third-order valence-corrected chi connectivity index (χ3v) is 5.95. The van der Waals surface area contributed by atoms with Crippen LogP contribution in [0.15, 0.2) is 47.6 Å². The van der Waals surface area contributed by atoms with Crippen LogP contribution >= 0.6 is 11.8 Å². The number of nitrogen functional groups attached to an aromatic ring is 1. The number of hydrogen-bond acceptors (Lipinski definition) is 7. The lowest BCUT2D eigenvalue weighted by Crippen LogP contribution is -2.24. The Morgan fingerprint density at radius 1 is 1.15 bits per heavy atom. The molecule has 3 aromatic rings. The number of benzene rings is 2. The summed E-state index contributed by atoms with van der Waals surface area (Å²) in [6.07, 6.45) is 0. The Kier molecular flexibility index (Phi) is 8.32. The summed E-state index contributed by atoms with van der Waals surface area (Å²) in [5.74, 6) is 7.00. The number of amides is 1. The topological polar surface area (TPSA) is 104 Å². The van der Waals surface area contributed by atoms with Crippen LogP contribution < -0.4 is 20.6 Å². The highest BCUT2D eigenvalue weighted by molar-refractivity contribution is 8.00. The molecule has 1 aromatic heterocycles. The molecule has 0 aliphatic heterocycles. The van der Waals surface area contributed by atoms with E-state index in [0.29, 0.717) is 11.0 Å². The fourth-order valence-corrected chi connectivity index (χ4v) is 3.88. The second-order valence-electron chi connectivity index (χ2n) is 7.88. The number of carbonyl (C=O) groups is 1. The van der Waals surface area contributed by atoms with E-state index in [1.165, 1.54) is 22.9 Å². The van der Waals surface area contributed by atoms with Crippen LogP contribution in [0.5, 0.6) is 11.5 Å². The number of nitrogens with one attached hydrogen (secondary N) is 1. The first kappa shape index (κ1) is 25.3. The van der Waals surface area contributed by atoms with Crippen LogP contribution in [0, 0.1) is 6.92 Å². The van der Waals surface area contributed by atoms with Crippen LogP contribution in [-0.4, -0.2) is 32.6 Å². The number of rotatable bonds is 10. The first-order valence-electron chi connectivity index (χ1n) is 10.6. The van der Waals surface area contributed by atoms with Gasteiger partial charge in [0.1, 0.15) is 18.1 Å². The van der Waals surface area contributed by atoms with E-state index in [0.717, 1.165) is 28.6 Å². The molecule has 0 saturated heterocycles. The average molecular weight is 492 g/mol. The van der Waals surface area contributed by atoms with Crippen molar-refractivity contribution in [3.05, 3.63) is 59.4 Å². The van der Waals surface area contributed by atoms with Crippen molar-refractivity contribution in [2.75, 3.05) is 11.2 Å². The van der Waals surface area contributed by atoms with E-state index in [1.54, 1.807) is 13.0 Å². The zero-order valence-electron chi connectivity index (χ0n) is 19.3. The van der Waals surface area contributed by atoms with Gasteiger partial charge in [0, 0.05) is 0 Å². The van der Waals surface area contributed by atoms with Gasteiger partial charge in [-0.3, -0.25) is 4.79 Å². The summed E-state index contributed by atoms with van der Waals surface area (Å²) in [6.45, 7) is 4.90. The second kappa shape index (κ2) is 11.2. The standard InChI is InChI=1S/C23H27F2N5O3S/c1-13(2)16-10-9-14(3)11-19(16)32-12-20-28-29-23(30(20)26)34-15(4)21(31)27-17-7-5-6-8-18(17)33-22(24)25/h5-11,13,15,22H,12,26H2,1-4H3,(H,27,31). The average Bonchev–Trinajstić information content (AvgIpc) is 3.12. The first-order valence-corrected chi connectivity index (χ1v) is 11.5. The van der Waals surface area contributed by atoms with Gasteiger partial charge >= 0.3 is 6.61 Å². The van der Waals surface area contributed by atoms with Gasteiger partial charge < -0.3 is 20.6 Å². The van der Waals surface area contributed by atoms with Gasteiger partial charge in [0.2, 0.25) is 11.1 Å². The van der Waals surface area contributed by atoms with Gasteiger partial charge in [-0.05, 0) is 49.1 Å². The molecule has 0 aliphatic rings. The highest BCUT2D eigenvalue weighted by Gasteiger charge is 2.21. The van der Waals surface area contributed by atoms with Gasteiger partial charge in [0.25, 0.3) is 0 Å². The third-order valence-electron chi connectivity index (χ3n) is 4.90. The van der Waals surface area contributed by atoms with E-state index in [2.05, 4.69) is 34.1 Å². The van der Waals surface area contributed by atoms with E-state index in [1.807, 2.05) is 25.1 Å². The number of thioether (sulfide) groups is 1. The molecule has 182 valence electrons. The van der Waals surface area contributed by atoms with Gasteiger partial charge in [0.15, 0.2) is 5.82 Å². The molecule has 0 fully saturated rings. The molecule has 0 bridgehead atoms. The lowest BCUT2D eigenvalue weighted by molar-refractivity contribution is -0.115. The van der Waals surface area contributed by atoms with Crippen molar-refractivity contribution in [3.8, 4) is 11.5 Å². The Bertz CT molecular complexity index is 1140. The number of anilines is 1.